The molecule has 0 rings (SSSR count). The van der Waals surface area contributed by atoms with Crippen LogP contribution in [0.3, 0.4) is 0 Å². The minimum absolute atomic E-state index is 0. The molecule has 0 atom stereocenters. The molecule has 28 heteroatoms. The van der Waals surface area contributed by atoms with Gasteiger partial charge < -0.3 is 64.4 Å². The van der Waals surface area contributed by atoms with Crippen LogP contribution in [0.4, 0.5) is 0 Å². The van der Waals surface area contributed by atoms with Crippen LogP contribution in [0.15, 0.2) is 0 Å². The topological polar surface area (TPSA) is 239 Å². The maximum absolute atomic E-state index is 8.62. The first kappa shape index (κ1) is 87.4. The molecular weight excluding hydrogens is 2390 g/mol. The summed E-state index contributed by atoms with van der Waals surface area (Å²) in [5.41, 5.74) is 0. The van der Waals surface area contributed by atoms with Crippen LogP contribution in [0.25, 0.3) is 0 Å². The average molecular weight is 2420 g/mol. The molecule has 0 unspecified atom stereocenters. The van der Waals surface area contributed by atoms with E-state index in [1.807, 2.05) is 27.7 Å². The van der Waals surface area contributed by atoms with Gasteiger partial charge in [0.25, 0.3) is 0 Å². The molecule has 0 fully saturated rings. The summed E-state index contributed by atoms with van der Waals surface area (Å²) >= 11 is 0. The van der Waals surface area contributed by atoms with Crippen molar-refractivity contribution in [3.05, 3.63) is 0 Å². The minimum Gasteiger partial charge on any atom is -0.410 e. The Morgan fingerprint density at radius 1 is 0.361 bits per heavy atom. The monoisotopic (exact) mass is 2420 g/mol. The molecule has 193 valence electrons. The summed E-state index contributed by atoms with van der Waals surface area (Å²) in [6.45, 7) is 12.2. The smallest absolute Gasteiger partial charge is 0.410 e. The van der Waals surface area contributed by atoms with Crippen LogP contribution >= 0.6 is 0 Å². The molecule has 0 amide bonds. The van der Waals surface area contributed by atoms with Crippen molar-refractivity contribution in [1.82, 2.24) is 0 Å². The van der Waals surface area contributed by atoms with Gasteiger partial charge >= 0.3 is 66.0 Å². The Hall–Kier alpha value is -6.04. The molecule has 36 heavy (non-hydrogen) atoms. The van der Waals surface area contributed by atoms with Gasteiger partial charge in [-0.25, -0.2) is 0 Å². The van der Waals surface area contributed by atoms with E-state index in [-0.39, 0.29) is 7.43 Å². The van der Waals surface area contributed by atoms with Crippen molar-refractivity contribution in [2.45, 2.75) is 54.8 Å². The molecular formula is C8H35O14Rf7Si7. The van der Waals surface area contributed by atoms with Gasteiger partial charge in [-0.2, -0.15) is 0 Å². The van der Waals surface area contributed by atoms with E-state index in [0.717, 1.165) is 0 Å². The predicted octanol–water partition coefficient (Wildman–Crippen LogP) is -4.07. The average Bonchev–Trinajstić information content (AvgIpc) is 2.48. The maximum atomic E-state index is 8.62. The van der Waals surface area contributed by atoms with Gasteiger partial charge in [0.05, 0.1) is 0 Å². The van der Waals surface area contributed by atoms with E-state index < -0.39 is 66.0 Å². The van der Waals surface area contributed by atoms with Gasteiger partial charge in [-0.05, 0) is 19.6 Å². The summed E-state index contributed by atoms with van der Waals surface area (Å²) in [5.74, 6) is 0. The molecule has 0 aliphatic heterocycles. The first-order chi connectivity index (χ1) is 12.8. The third-order valence-electron chi connectivity index (χ3n) is 0.892. The summed E-state index contributed by atoms with van der Waals surface area (Å²) < 4.78 is 16.7. The van der Waals surface area contributed by atoms with Crippen LogP contribution in [0, 0.1) is 0 Å². The molecule has 0 saturated carbocycles. The third-order valence-corrected chi connectivity index (χ3v) is 8.02. The zero-order valence-corrected chi connectivity index (χ0v) is 73.3. The van der Waals surface area contributed by atoms with Crippen molar-refractivity contribution >= 4 is 66.0 Å². The molecule has 0 aliphatic rings. The second-order valence-corrected chi connectivity index (χ2v) is 11.7. The van der Waals surface area contributed by atoms with E-state index in [0.29, 0.717) is 0 Å². The van der Waals surface area contributed by atoms with E-state index in [1.165, 1.54) is 19.6 Å². The number of rotatable bonds is 8. The molecule has 0 aliphatic carbocycles. The maximum Gasteiger partial charge on any atom is 0.563 e. The van der Waals surface area contributed by atoms with Gasteiger partial charge in [0.1, 0.15) is 0 Å². The first-order valence-corrected chi connectivity index (χ1v) is 18.1. The van der Waals surface area contributed by atoms with Crippen LogP contribution in [0.2, 0.25) is 19.6 Å². The van der Waals surface area contributed by atoms with Crippen molar-refractivity contribution in [2.24, 2.45) is 0 Å². The quantitative estimate of drug-likeness (QED) is 0.104. The van der Waals surface area contributed by atoms with Crippen LogP contribution in [0.5, 0.6) is 0 Å². The Kier molecular flexibility index (Phi) is 153. The molecule has 14 nitrogen and oxygen atoms in total. The fraction of sp³-hybridized carbons (Fsp3) is 1.00. The normalized spacial score (nSPS) is 8.00. The second kappa shape index (κ2) is 63.0. The first-order valence-electron chi connectivity index (χ1n) is 7.37. The summed E-state index contributed by atoms with van der Waals surface area (Å²) in [6.07, 6.45) is 0. The van der Waals surface area contributed by atoms with Gasteiger partial charge in [0, 0.05) is 0 Å². The third kappa shape index (κ3) is 205. The van der Waals surface area contributed by atoms with Gasteiger partial charge in [0.2, 0.25) is 0 Å². The van der Waals surface area contributed by atoms with Crippen molar-refractivity contribution in [1.29, 1.82) is 0 Å². The Morgan fingerprint density at radius 2 is 0.528 bits per heavy atom. The van der Waals surface area contributed by atoms with E-state index in [4.69, 9.17) is 48.0 Å². The van der Waals surface area contributed by atoms with Crippen molar-refractivity contribution < 1.29 is 64.4 Å². The predicted molar refractivity (Wildman–Crippen MR) is 114 cm³/mol. The van der Waals surface area contributed by atoms with Gasteiger partial charge in [-0.15, -0.1) is 0 Å². The van der Waals surface area contributed by atoms with Gasteiger partial charge in [-0.1, -0.05) is 35.1 Å². The molecule has 0 bridgehead atoms. The molecule has 10 N–H and O–H groups in total. The Labute approximate surface area is 185 Å². The zero-order chi connectivity index (χ0) is 23.9. The fourth-order valence-corrected chi connectivity index (χ4v) is 4.78. The Bertz CT molecular complexity index is 254. The molecule has 0 saturated heterocycles. The van der Waals surface area contributed by atoms with E-state index in [9.17, 15) is 0 Å². The molecule has 0 aromatic carbocycles. The molecule has 0 heterocycles. The fourth-order valence-electron chi connectivity index (χ4n) is 0.490. The van der Waals surface area contributed by atoms with Gasteiger partial charge in [-0.3, -0.25) is 0 Å². The summed E-state index contributed by atoms with van der Waals surface area (Å²) in [7, 11) is -16.6. The van der Waals surface area contributed by atoms with Crippen molar-refractivity contribution in [3.63, 3.8) is 0 Å². The van der Waals surface area contributed by atoms with E-state index in [2.05, 4.69) is 16.5 Å². The van der Waals surface area contributed by atoms with Crippen LogP contribution in [-0.4, -0.2) is 114 Å². The number of hydrogen-bond donors (Lipinski definition) is 10. The molecule has 0 aromatic heterocycles. The van der Waals surface area contributed by atoms with Crippen LogP contribution in [0.1, 0.15) is 35.1 Å². The number of hydrogen-bond acceptors (Lipinski definition) is 14. The van der Waals surface area contributed by atoms with E-state index in [1.54, 1.807) is 0 Å². The molecule has 7 radical (unpaired) electrons. The van der Waals surface area contributed by atoms with Crippen molar-refractivity contribution in [3.8, 4) is 0 Å². The van der Waals surface area contributed by atoms with Crippen LogP contribution in [-0.2, 0) is 16.5 Å². The molecule has 0 aromatic rings. The van der Waals surface area contributed by atoms with Crippen molar-refractivity contribution in [2.75, 3.05) is 0 Å². The minimum atomic E-state index is -2.90. The summed E-state index contributed by atoms with van der Waals surface area (Å²) in [4.78, 5) is 82.2. The van der Waals surface area contributed by atoms with Gasteiger partial charge in [0.15, 0.2) is 0 Å². The SMILES string of the molecule is C.CC.CC.C[Si](O)O[Si](O)O.C[Si](O)O[Si](O)O.C[Si](O)O[Si](O)O[Si](O)O.[Rf].[Rf].[Rf].[Rf].[Rf].[Rf].[Rf]. The summed E-state index contributed by atoms with van der Waals surface area (Å²) in [5, 5.41) is 0. The zero-order valence-electron chi connectivity index (χ0n) is 21.6. The summed E-state index contributed by atoms with van der Waals surface area (Å²) in [6, 6.07) is 0. The Balaban J connectivity index is -0.0000000171. The van der Waals surface area contributed by atoms with Crippen LogP contribution < -0.4 is 0 Å². The van der Waals surface area contributed by atoms with E-state index >= 15 is 0 Å². The standard InChI is InChI=1S/2C2H6.CH7O6Si3.2CH6O4Si2.CH4.7Rf/c2*1-2;1-8(2)6-10(5)7-9(3)4;2*1-6(2)5-7(3)4;;;;;;;;/h2*1-2H3;2-5H,1H3;2*2-4H,1H3;1H4;;;;;;;. The second-order valence-electron chi connectivity index (χ2n) is 3.08. The largest absolute Gasteiger partial charge is 0.563 e. The molecule has 0 spiro atoms. The Morgan fingerprint density at radius 3 is 0.611 bits per heavy atom.